The van der Waals surface area contributed by atoms with Gasteiger partial charge in [-0.05, 0) is 62.4 Å². The Morgan fingerprint density at radius 3 is 1.50 bits per heavy atom. The molecule has 0 radical (unpaired) electrons. The predicted octanol–water partition coefficient (Wildman–Crippen LogP) is 10.5. The summed E-state index contributed by atoms with van der Waals surface area (Å²) in [5.74, 6) is 0.0240. The first-order chi connectivity index (χ1) is 28.8. The second-order valence-corrected chi connectivity index (χ2v) is 27.6. The highest BCUT2D eigenvalue weighted by Gasteiger charge is 2.58. The molecule has 1 saturated carbocycles. The number of esters is 1. The molecular formula is C53H74O5Si2. The van der Waals surface area contributed by atoms with Crippen LogP contribution >= 0.6 is 0 Å². The highest BCUT2D eigenvalue weighted by molar-refractivity contribution is 7.00. The van der Waals surface area contributed by atoms with Crippen molar-refractivity contribution in [3.8, 4) is 0 Å². The first kappa shape index (κ1) is 47.5. The first-order valence-electron chi connectivity index (χ1n) is 22.8. The number of carbonyl (C=O) groups is 1. The van der Waals surface area contributed by atoms with Gasteiger partial charge in [-0.15, -0.1) is 0 Å². The smallest absolute Gasteiger partial charge is 0.305 e. The lowest BCUT2D eigenvalue weighted by atomic mass is 9.87. The molecule has 7 heteroatoms. The molecule has 1 aliphatic rings. The maximum Gasteiger partial charge on any atom is 0.305 e. The number of hydrogen-bond donors (Lipinski definition) is 1. The van der Waals surface area contributed by atoms with Crippen LogP contribution in [0.1, 0.15) is 119 Å². The van der Waals surface area contributed by atoms with Crippen LogP contribution in [-0.4, -0.2) is 53.1 Å². The van der Waals surface area contributed by atoms with Gasteiger partial charge in [-0.3, -0.25) is 4.79 Å². The quantitative estimate of drug-likeness (QED) is 0.0392. The highest BCUT2D eigenvalue weighted by Crippen LogP contribution is 2.48. The zero-order valence-electron chi connectivity index (χ0n) is 37.9. The van der Waals surface area contributed by atoms with E-state index in [1.807, 2.05) is 0 Å². The fourth-order valence-electron chi connectivity index (χ4n) is 9.89. The van der Waals surface area contributed by atoms with Crippen molar-refractivity contribution in [2.75, 3.05) is 7.11 Å². The number of benzene rings is 4. The summed E-state index contributed by atoms with van der Waals surface area (Å²) in [4.78, 5) is 11.9. The summed E-state index contributed by atoms with van der Waals surface area (Å²) in [5.41, 5.74) is 0. The van der Waals surface area contributed by atoms with Crippen LogP contribution in [0.2, 0.25) is 10.1 Å². The Hall–Kier alpha value is -3.60. The third kappa shape index (κ3) is 11.3. The molecule has 324 valence electrons. The molecule has 0 heterocycles. The van der Waals surface area contributed by atoms with Gasteiger partial charge in [0.1, 0.15) is 0 Å². The van der Waals surface area contributed by atoms with Crippen LogP contribution in [-0.2, 0) is 18.4 Å². The van der Waals surface area contributed by atoms with Gasteiger partial charge in [0, 0.05) is 12.3 Å². The van der Waals surface area contributed by atoms with Crippen LogP contribution in [0.15, 0.2) is 133 Å². The molecule has 0 spiro atoms. The van der Waals surface area contributed by atoms with Gasteiger partial charge < -0.3 is 18.7 Å². The maximum absolute atomic E-state index is 11.9. The van der Waals surface area contributed by atoms with Crippen LogP contribution in [0.5, 0.6) is 0 Å². The highest BCUT2D eigenvalue weighted by atomic mass is 28.4. The minimum atomic E-state index is -2.97. The lowest BCUT2D eigenvalue weighted by Crippen LogP contribution is -2.68. The van der Waals surface area contributed by atoms with Crippen molar-refractivity contribution in [1.29, 1.82) is 0 Å². The van der Waals surface area contributed by atoms with E-state index in [9.17, 15) is 9.90 Å². The number of ether oxygens (including phenoxy) is 1. The molecule has 4 aromatic rings. The molecule has 5 rings (SSSR count). The zero-order valence-corrected chi connectivity index (χ0v) is 39.9. The number of aliphatic hydroxyl groups is 1. The Balaban J connectivity index is 1.67. The van der Waals surface area contributed by atoms with E-state index < -0.39 is 22.7 Å². The average molecular weight is 847 g/mol. The van der Waals surface area contributed by atoms with E-state index >= 15 is 0 Å². The first-order valence-corrected chi connectivity index (χ1v) is 26.6. The Kier molecular flexibility index (Phi) is 17.4. The van der Waals surface area contributed by atoms with Crippen molar-refractivity contribution in [3.63, 3.8) is 0 Å². The number of carbonyl (C=O) groups excluding carboxylic acids is 1. The minimum Gasteiger partial charge on any atom is -0.469 e. The molecule has 5 atom stereocenters. The summed E-state index contributed by atoms with van der Waals surface area (Å²) in [6.45, 7) is 16.4. The fourth-order valence-corrected chi connectivity index (χ4v) is 19.4. The fraction of sp³-hybridized carbons (Fsp3) is 0.491. The summed E-state index contributed by atoms with van der Waals surface area (Å²) in [6, 6.07) is 44.0. The van der Waals surface area contributed by atoms with E-state index in [0.717, 1.165) is 64.2 Å². The average Bonchev–Trinajstić information content (AvgIpc) is 3.56. The SMILES string of the molecule is CCCCC[C@H](O)/C=C/[C@@H]1[C@@H](CCCCCCC(=O)OC)[C@@H](O[Si](c2ccccc2)(c2ccccc2)C(C)(C)C)C[C@H]1O[Si](c1ccccc1)(c1ccccc1)C(C)(C)C. The lowest BCUT2D eigenvalue weighted by molar-refractivity contribution is -0.140. The molecule has 1 N–H and O–H groups in total. The van der Waals surface area contributed by atoms with Crippen molar-refractivity contribution >= 4 is 43.4 Å². The summed E-state index contributed by atoms with van der Waals surface area (Å²) >= 11 is 0. The van der Waals surface area contributed by atoms with E-state index in [-0.39, 0.29) is 40.1 Å². The van der Waals surface area contributed by atoms with Gasteiger partial charge in [-0.25, -0.2) is 0 Å². The van der Waals surface area contributed by atoms with Gasteiger partial charge in [-0.2, -0.15) is 0 Å². The Morgan fingerprint density at radius 2 is 1.08 bits per heavy atom. The van der Waals surface area contributed by atoms with Crippen LogP contribution in [0, 0.1) is 11.8 Å². The monoisotopic (exact) mass is 847 g/mol. The van der Waals surface area contributed by atoms with Crippen molar-refractivity contribution in [1.82, 2.24) is 0 Å². The summed E-state index contributed by atoms with van der Waals surface area (Å²) < 4.78 is 21.2. The molecule has 60 heavy (non-hydrogen) atoms. The van der Waals surface area contributed by atoms with Gasteiger partial charge in [0.25, 0.3) is 16.6 Å². The lowest BCUT2D eigenvalue weighted by Gasteiger charge is -2.46. The van der Waals surface area contributed by atoms with Gasteiger partial charge >= 0.3 is 5.97 Å². The van der Waals surface area contributed by atoms with Crippen molar-refractivity contribution in [3.05, 3.63) is 133 Å². The van der Waals surface area contributed by atoms with Gasteiger partial charge in [-0.1, -0.05) is 220 Å². The third-order valence-electron chi connectivity index (χ3n) is 12.9. The maximum atomic E-state index is 11.9. The molecule has 0 saturated heterocycles. The molecule has 0 aromatic heterocycles. The Morgan fingerprint density at radius 1 is 0.650 bits per heavy atom. The molecule has 0 bridgehead atoms. The van der Waals surface area contributed by atoms with E-state index in [0.29, 0.717) is 6.42 Å². The van der Waals surface area contributed by atoms with Crippen LogP contribution in [0.4, 0.5) is 0 Å². The van der Waals surface area contributed by atoms with Gasteiger partial charge in [0.15, 0.2) is 0 Å². The molecule has 5 nitrogen and oxygen atoms in total. The molecule has 4 aromatic carbocycles. The van der Waals surface area contributed by atoms with Gasteiger partial charge in [0.2, 0.25) is 0 Å². The van der Waals surface area contributed by atoms with Crippen molar-refractivity contribution < 1.29 is 23.5 Å². The Labute approximate surface area is 365 Å². The van der Waals surface area contributed by atoms with Crippen molar-refractivity contribution in [2.24, 2.45) is 11.8 Å². The summed E-state index contributed by atoms with van der Waals surface area (Å²) in [5, 5.41) is 16.1. The van der Waals surface area contributed by atoms with Crippen LogP contribution in [0.25, 0.3) is 0 Å². The number of methoxy groups -OCH3 is 1. The largest absolute Gasteiger partial charge is 0.469 e. The summed E-state index contributed by atoms with van der Waals surface area (Å²) in [7, 11) is -4.45. The van der Waals surface area contributed by atoms with Crippen LogP contribution < -0.4 is 20.7 Å². The number of rotatable bonds is 21. The zero-order chi connectivity index (χ0) is 43.2. The molecule has 1 fully saturated rings. The third-order valence-corrected chi connectivity index (χ3v) is 23.0. The van der Waals surface area contributed by atoms with E-state index in [1.165, 1.54) is 27.9 Å². The molecule has 0 aliphatic heterocycles. The normalized spacial score (nSPS) is 19.4. The standard InChI is InChI=1S/C53H74O5Si2/c1-9-10-17-28-42(54)39-40-48-47(37-26-11-12-27-38-51(55)56-8)49(57-59(52(2,3)4,43-29-18-13-19-30-43)44-31-20-14-21-32-44)41-50(48)58-60(53(5,6)7,45-33-22-15-23-34-45)46-35-24-16-25-36-46/h13-16,18-25,29-36,39-40,42,47-50,54H,9-12,17,26-28,37-38,41H2,1-8H3/b40-39+/t42-,47+,48+,49-,50+/m0/s1. The second kappa shape index (κ2) is 22.0. The van der Waals surface area contributed by atoms with E-state index in [1.54, 1.807) is 0 Å². The second-order valence-electron chi connectivity index (χ2n) is 19.1. The predicted molar refractivity (Wildman–Crippen MR) is 256 cm³/mol. The molecular weight excluding hydrogens is 773 g/mol. The van der Waals surface area contributed by atoms with E-state index in [4.69, 9.17) is 13.6 Å². The molecule has 0 unspecified atom stereocenters. The number of aliphatic hydroxyl groups excluding tert-OH is 1. The Bertz CT molecular complexity index is 1790. The topological polar surface area (TPSA) is 65.0 Å². The summed E-state index contributed by atoms with van der Waals surface area (Å²) in [6.07, 6.45) is 13.6. The molecule has 0 amide bonds. The molecule has 1 aliphatic carbocycles. The number of hydrogen-bond acceptors (Lipinski definition) is 5. The number of unbranched alkanes of at least 4 members (excludes halogenated alkanes) is 5. The van der Waals surface area contributed by atoms with Gasteiger partial charge in [0.05, 0.1) is 25.4 Å². The van der Waals surface area contributed by atoms with Crippen molar-refractivity contribution in [2.45, 2.75) is 147 Å². The van der Waals surface area contributed by atoms with Crippen LogP contribution in [0.3, 0.4) is 0 Å². The minimum absolute atomic E-state index is 0.0192. The van der Waals surface area contributed by atoms with E-state index in [2.05, 4.69) is 182 Å².